The summed E-state index contributed by atoms with van der Waals surface area (Å²) in [5.74, 6) is 0.110. The summed E-state index contributed by atoms with van der Waals surface area (Å²) < 4.78 is 45.1. The predicted molar refractivity (Wildman–Crippen MR) is 92.4 cm³/mol. The monoisotopic (exact) mass is 408 g/mol. The number of aromatic nitrogens is 3. The first-order valence-electron chi connectivity index (χ1n) is 7.40. The van der Waals surface area contributed by atoms with Gasteiger partial charge in [0.15, 0.2) is 5.16 Å². The molecule has 0 bridgehead atoms. The standard InChI is InChI=1S/C15H16ClF3N4O2S/c1-9-21-22-14(23(9)5-6-25-2)26-8-13(24)20-12-7-10(15(17,18)19)3-4-11(12)16/h3-4,7H,5-6,8H2,1-2H3,(H,20,24). The molecule has 1 heterocycles. The Morgan fingerprint density at radius 1 is 1.38 bits per heavy atom. The normalized spacial score (nSPS) is 11.6. The van der Waals surface area contributed by atoms with Crippen molar-refractivity contribution in [2.45, 2.75) is 24.8 Å². The number of aryl methyl sites for hydroxylation is 1. The summed E-state index contributed by atoms with van der Waals surface area (Å²) in [7, 11) is 1.57. The Kier molecular flexibility index (Phi) is 6.90. The van der Waals surface area contributed by atoms with E-state index in [4.69, 9.17) is 16.3 Å². The maximum absolute atomic E-state index is 12.8. The molecule has 1 aromatic heterocycles. The van der Waals surface area contributed by atoms with E-state index in [1.807, 2.05) is 0 Å². The summed E-state index contributed by atoms with van der Waals surface area (Å²) in [5.41, 5.74) is -0.982. The molecule has 1 N–H and O–H groups in total. The van der Waals surface area contributed by atoms with Crippen LogP contribution in [-0.2, 0) is 22.3 Å². The molecule has 11 heteroatoms. The molecular formula is C15H16ClF3N4O2S. The molecule has 0 saturated carbocycles. The third-order valence-corrected chi connectivity index (χ3v) is 4.62. The molecular weight excluding hydrogens is 393 g/mol. The highest BCUT2D eigenvalue weighted by Gasteiger charge is 2.31. The number of alkyl halides is 3. The van der Waals surface area contributed by atoms with Gasteiger partial charge < -0.3 is 14.6 Å². The van der Waals surface area contributed by atoms with Crippen LogP contribution in [0, 0.1) is 6.92 Å². The molecule has 0 spiro atoms. The minimum absolute atomic E-state index is 0.0236. The first-order valence-corrected chi connectivity index (χ1v) is 8.77. The van der Waals surface area contributed by atoms with Crippen LogP contribution in [0.1, 0.15) is 11.4 Å². The molecule has 0 radical (unpaired) electrons. The molecule has 2 rings (SSSR count). The lowest BCUT2D eigenvalue weighted by Crippen LogP contribution is -2.16. The Morgan fingerprint density at radius 3 is 2.77 bits per heavy atom. The average Bonchev–Trinajstić information content (AvgIpc) is 2.92. The Balaban J connectivity index is 2.02. The number of thioether (sulfide) groups is 1. The van der Waals surface area contributed by atoms with Crippen molar-refractivity contribution in [3.05, 3.63) is 34.6 Å². The number of amides is 1. The van der Waals surface area contributed by atoms with Crippen LogP contribution in [-0.4, -0.2) is 40.1 Å². The van der Waals surface area contributed by atoms with Gasteiger partial charge in [0.2, 0.25) is 5.91 Å². The lowest BCUT2D eigenvalue weighted by Gasteiger charge is -2.12. The van der Waals surface area contributed by atoms with Crippen molar-refractivity contribution in [3.63, 3.8) is 0 Å². The summed E-state index contributed by atoms with van der Waals surface area (Å²) in [6, 6.07) is 2.75. The number of hydrogen-bond donors (Lipinski definition) is 1. The number of nitrogens with one attached hydrogen (secondary N) is 1. The fraction of sp³-hybridized carbons (Fsp3) is 0.400. The highest BCUT2D eigenvalue weighted by atomic mass is 35.5. The molecule has 6 nitrogen and oxygen atoms in total. The van der Waals surface area contributed by atoms with Crippen LogP contribution in [0.2, 0.25) is 5.02 Å². The zero-order chi connectivity index (χ0) is 19.3. The number of hydrogen-bond acceptors (Lipinski definition) is 5. The summed E-state index contributed by atoms with van der Waals surface area (Å²) in [6.07, 6.45) is -4.52. The van der Waals surface area contributed by atoms with Crippen molar-refractivity contribution in [1.29, 1.82) is 0 Å². The number of carbonyl (C=O) groups is 1. The van der Waals surface area contributed by atoms with E-state index in [9.17, 15) is 18.0 Å². The SMILES string of the molecule is COCCn1c(C)nnc1SCC(=O)Nc1cc(C(F)(F)F)ccc1Cl. The molecule has 0 aliphatic rings. The second kappa shape index (κ2) is 8.74. The molecule has 0 aliphatic carbocycles. The molecule has 0 unspecified atom stereocenters. The number of benzene rings is 1. The van der Waals surface area contributed by atoms with Crippen LogP contribution in [0.4, 0.5) is 18.9 Å². The van der Waals surface area contributed by atoms with Crippen LogP contribution in [0.3, 0.4) is 0 Å². The molecule has 1 amide bonds. The Bertz CT molecular complexity index is 783. The molecule has 0 saturated heterocycles. The number of halogens is 4. The number of ether oxygens (including phenoxy) is 1. The van der Waals surface area contributed by atoms with Gasteiger partial charge in [-0.05, 0) is 25.1 Å². The lowest BCUT2D eigenvalue weighted by molar-refractivity contribution is -0.137. The van der Waals surface area contributed by atoms with Crippen molar-refractivity contribution in [1.82, 2.24) is 14.8 Å². The van der Waals surface area contributed by atoms with Gasteiger partial charge in [0, 0.05) is 13.7 Å². The van der Waals surface area contributed by atoms with E-state index in [2.05, 4.69) is 15.5 Å². The van der Waals surface area contributed by atoms with Crippen LogP contribution in [0.15, 0.2) is 23.4 Å². The van der Waals surface area contributed by atoms with Crippen LogP contribution in [0.5, 0.6) is 0 Å². The van der Waals surface area contributed by atoms with Gasteiger partial charge in [-0.3, -0.25) is 4.79 Å². The maximum Gasteiger partial charge on any atom is 0.416 e. The fourth-order valence-corrected chi connectivity index (χ4v) is 3.00. The van der Waals surface area contributed by atoms with Crippen molar-refractivity contribution in [2.75, 3.05) is 24.8 Å². The third kappa shape index (κ3) is 5.36. The average molecular weight is 409 g/mol. The lowest BCUT2D eigenvalue weighted by atomic mass is 10.2. The Morgan fingerprint density at radius 2 is 2.12 bits per heavy atom. The van der Waals surface area contributed by atoms with Gasteiger partial charge in [-0.2, -0.15) is 13.2 Å². The number of rotatable bonds is 7. The zero-order valence-corrected chi connectivity index (χ0v) is 15.5. The van der Waals surface area contributed by atoms with E-state index >= 15 is 0 Å². The summed E-state index contributed by atoms with van der Waals surface area (Å²) in [6.45, 7) is 2.76. The van der Waals surface area contributed by atoms with E-state index in [0.717, 1.165) is 30.0 Å². The Labute approximate surface area is 157 Å². The van der Waals surface area contributed by atoms with Gasteiger partial charge in [-0.25, -0.2) is 0 Å². The number of carbonyl (C=O) groups excluding carboxylic acids is 1. The molecule has 1 aromatic carbocycles. The number of methoxy groups -OCH3 is 1. The highest BCUT2D eigenvalue weighted by Crippen LogP contribution is 2.33. The molecule has 2 aromatic rings. The van der Waals surface area contributed by atoms with E-state index in [-0.39, 0.29) is 16.5 Å². The van der Waals surface area contributed by atoms with Gasteiger partial charge in [-0.15, -0.1) is 10.2 Å². The van der Waals surface area contributed by atoms with Crippen LogP contribution < -0.4 is 5.32 Å². The summed E-state index contributed by atoms with van der Waals surface area (Å²) >= 11 is 6.98. The van der Waals surface area contributed by atoms with Gasteiger partial charge in [-0.1, -0.05) is 23.4 Å². The minimum Gasteiger partial charge on any atom is -0.383 e. The summed E-state index contributed by atoms with van der Waals surface area (Å²) in [4.78, 5) is 12.1. The zero-order valence-electron chi connectivity index (χ0n) is 13.9. The first kappa shape index (κ1) is 20.5. The second-order valence-corrected chi connectivity index (χ2v) is 6.55. The van der Waals surface area contributed by atoms with Crippen LogP contribution in [0.25, 0.3) is 0 Å². The molecule has 142 valence electrons. The topological polar surface area (TPSA) is 69.0 Å². The van der Waals surface area contributed by atoms with E-state index in [1.165, 1.54) is 0 Å². The first-order chi connectivity index (χ1) is 12.2. The fourth-order valence-electron chi connectivity index (χ4n) is 2.02. The molecule has 0 fully saturated rings. The van der Waals surface area contributed by atoms with Crippen molar-refractivity contribution in [2.24, 2.45) is 0 Å². The molecule has 26 heavy (non-hydrogen) atoms. The number of nitrogens with zero attached hydrogens (tertiary/aromatic N) is 3. The van der Waals surface area contributed by atoms with E-state index in [1.54, 1.807) is 18.6 Å². The largest absolute Gasteiger partial charge is 0.416 e. The van der Waals surface area contributed by atoms with Crippen LogP contribution >= 0.6 is 23.4 Å². The minimum atomic E-state index is -4.52. The van der Waals surface area contributed by atoms with Crippen molar-refractivity contribution < 1.29 is 22.7 Å². The highest BCUT2D eigenvalue weighted by molar-refractivity contribution is 7.99. The van der Waals surface area contributed by atoms with E-state index in [0.29, 0.717) is 24.1 Å². The second-order valence-electron chi connectivity index (χ2n) is 5.20. The van der Waals surface area contributed by atoms with E-state index < -0.39 is 17.6 Å². The van der Waals surface area contributed by atoms with Gasteiger partial charge in [0.25, 0.3) is 0 Å². The maximum atomic E-state index is 12.8. The predicted octanol–water partition coefficient (Wildman–Crippen LogP) is 3.64. The van der Waals surface area contributed by atoms with Crippen molar-refractivity contribution in [3.8, 4) is 0 Å². The third-order valence-electron chi connectivity index (χ3n) is 3.32. The van der Waals surface area contributed by atoms with Gasteiger partial charge in [0.1, 0.15) is 5.82 Å². The Hall–Kier alpha value is -1.78. The summed E-state index contributed by atoms with van der Waals surface area (Å²) in [5, 5.41) is 10.9. The smallest absolute Gasteiger partial charge is 0.383 e. The van der Waals surface area contributed by atoms with Crippen molar-refractivity contribution >= 4 is 35.0 Å². The van der Waals surface area contributed by atoms with Gasteiger partial charge in [0.05, 0.1) is 28.6 Å². The molecule has 0 aliphatic heterocycles. The quantitative estimate of drug-likeness (QED) is 0.708. The number of anilines is 1. The van der Waals surface area contributed by atoms with Gasteiger partial charge >= 0.3 is 6.18 Å². The molecule has 0 atom stereocenters.